The second-order valence-electron chi connectivity index (χ2n) is 10.0. The van der Waals surface area contributed by atoms with Crippen molar-refractivity contribution in [1.29, 1.82) is 5.26 Å². The highest BCUT2D eigenvalue weighted by Crippen LogP contribution is 2.42. The van der Waals surface area contributed by atoms with Gasteiger partial charge in [-0.1, -0.05) is 97.1 Å². The first kappa shape index (κ1) is 22.8. The Balaban J connectivity index is 1.38. The van der Waals surface area contributed by atoms with Gasteiger partial charge in [0.25, 0.3) is 0 Å². The largest absolute Gasteiger partial charge is 0.455 e. The number of para-hydroxylation sites is 2. The van der Waals surface area contributed by atoms with E-state index in [1.54, 1.807) is 0 Å². The molecule has 0 radical (unpaired) electrons. The average molecular weight is 528 g/mol. The molecule has 0 fully saturated rings. The molecule has 0 unspecified atom stereocenters. The van der Waals surface area contributed by atoms with Gasteiger partial charge in [0, 0.05) is 42.1 Å². The van der Waals surface area contributed by atoms with Crippen LogP contribution in [0, 0.1) is 11.3 Å². The van der Waals surface area contributed by atoms with Crippen LogP contribution in [0.2, 0.25) is 0 Å². The molecular weight excluding hydrogens is 506 g/mol. The van der Waals surface area contributed by atoms with Gasteiger partial charge in [-0.15, -0.1) is 11.3 Å². The Kier molecular flexibility index (Phi) is 5.10. The van der Waals surface area contributed by atoms with Crippen molar-refractivity contribution < 1.29 is 4.42 Å². The lowest BCUT2D eigenvalue weighted by Gasteiger charge is -2.14. The third-order valence-electron chi connectivity index (χ3n) is 7.76. The number of nitrogens with zero attached hydrogens (tertiary/aromatic N) is 1. The van der Waals surface area contributed by atoms with Gasteiger partial charge in [0.2, 0.25) is 0 Å². The van der Waals surface area contributed by atoms with E-state index in [0.29, 0.717) is 5.56 Å². The molecule has 0 saturated carbocycles. The molecule has 0 N–H and O–H groups in total. The van der Waals surface area contributed by atoms with E-state index in [9.17, 15) is 5.26 Å². The lowest BCUT2D eigenvalue weighted by Crippen LogP contribution is -1.91. The summed E-state index contributed by atoms with van der Waals surface area (Å²) in [5, 5.41) is 14.8. The summed E-state index contributed by atoms with van der Waals surface area (Å²) in [6.45, 7) is 0. The predicted molar refractivity (Wildman–Crippen MR) is 168 cm³/mol. The third-order valence-corrected chi connectivity index (χ3v) is 8.90. The van der Waals surface area contributed by atoms with E-state index in [0.717, 1.165) is 55.3 Å². The second kappa shape index (κ2) is 8.95. The molecule has 40 heavy (non-hydrogen) atoms. The molecule has 3 heteroatoms. The SMILES string of the molecule is N#Cc1ccccc1-c1cc(-c2cccc3c2oc2ccccc23)ccc1-c1ccc2c(c1)sc1ccccc12. The van der Waals surface area contributed by atoms with E-state index in [1.165, 1.54) is 20.2 Å². The van der Waals surface area contributed by atoms with Crippen LogP contribution in [0.4, 0.5) is 0 Å². The molecule has 2 aromatic heterocycles. The van der Waals surface area contributed by atoms with Crippen LogP contribution >= 0.6 is 11.3 Å². The van der Waals surface area contributed by atoms with Crippen LogP contribution in [0.5, 0.6) is 0 Å². The smallest absolute Gasteiger partial charge is 0.143 e. The van der Waals surface area contributed by atoms with E-state index in [2.05, 4.69) is 91.0 Å². The first-order chi connectivity index (χ1) is 19.8. The predicted octanol–water partition coefficient (Wildman–Crippen LogP) is 10.8. The molecule has 0 bridgehead atoms. The minimum atomic E-state index is 0.658. The number of fused-ring (bicyclic) bond motifs is 6. The van der Waals surface area contributed by atoms with E-state index < -0.39 is 0 Å². The minimum absolute atomic E-state index is 0.658. The first-order valence-corrected chi connectivity index (χ1v) is 14.1. The van der Waals surface area contributed by atoms with Crippen molar-refractivity contribution in [2.75, 3.05) is 0 Å². The number of rotatable bonds is 3. The highest BCUT2D eigenvalue weighted by molar-refractivity contribution is 7.25. The summed E-state index contributed by atoms with van der Waals surface area (Å²) in [4.78, 5) is 0. The Morgan fingerprint density at radius 2 is 1.20 bits per heavy atom. The van der Waals surface area contributed by atoms with Crippen molar-refractivity contribution in [2.24, 2.45) is 0 Å². The first-order valence-electron chi connectivity index (χ1n) is 13.2. The molecule has 0 aliphatic rings. The van der Waals surface area contributed by atoms with E-state index in [-0.39, 0.29) is 0 Å². The molecule has 0 aliphatic heterocycles. The number of benzene rings is 6. The van der Waals surface area contributed by atoms with Gasteiger partial charge in [0.15, 0.2) is 0 Å². The molecule has 0 saturated heterocycles. The quantitative estimate of drug-likeness (QED) is 0.229. The van der Waals surface area contributed by atoms with Gasteiger partial charge in [-0.2, -0.15) is 5.26 Å². The van der Waals surface area contributed by atoms with Crippen LogP contribution in [-0.2, 0) is 0 Å². The molecule has 2 nitrogen and oxygen atoms in total. The van der Waals surface area contributed by atoms with Gasteiger partial charge in [0.05, 0.1) is 11.6 Å². The Morgan fingerprint density at radius 1 is 0.500 bits per heavy atom. The van der Waals surface area contributed by atoms with Crippen LogP contribution < -0.4 is 0 Å². The van der Waals surface area contributed by atoms with Crippen LogP contribution in [0.1, 0.15) is 5.56 Å². The van der Waals surface area contributed by atoms with Crippen LogP contribution in [0.15, 0.2) is 132 Å². The van der Waals surface area contributed by atoms with Crippen LogP contribution in [-0.4, -0.2) is 0 Å². The summed E-state index contributed by atoms with van der Waals surface area (Å²) in [5.41, 5.74) is 8.70. The number of nitriles is 1. The van der Waals surface area contributed by atoms with Gasteiger partial charge in [0.1, 0.15) is 11.2 Å². The maximum absolute atomic E-state index is 10.0. The maximum atomic E-state index is 10.0. The zero-order valence-corrected chi connectivity index (χ0v) is 22.2. The monoisotopic (exact) mass is 527 g/mol. The van der Waals surface area contributed by atoms with Crippen molar-refractivity contribution in [3.63, 3.8) is 0 Å². The number of hydrogen-bond donors (Lipinski definition) is 0. The standard InChI is InChI=1S/C37H21NOS/c38-22-25-8-1-2-9-26(25)33-20-23(28-12-7-13-32-29-10-3-5-14-34(29)39-37(28)32)16-18-27(33)24-17-19-31-30-11-4-6-15-35(30)40-36(31)21-24/h1-21H. The average Bonchev–Trinajstić information content (AvgIpc) is 3.58. The maximum Gasteiger partial charge on any atom is 0.143 e. The summed E-state index contributed by atoms with van der Waals surface area (Å²) >= 11 is 1.82. The molecule has 8 rings (SSSR count). The van der Waals surface area contributed by atoms with Gasteiger partial charge in [-0.3, -0.25) is 0 Å². The van der Waals surface area contributed by atoms with Crippen molar-refractivity contribution >= 4 is 53.4 Å². The molecule has 0 amide bonds. The Morgan fingerprint density at radius 3 is 2.12 bits per heavy atom. The summed E-state index contributed by atoms with van der Waals surface area (Å²) in [6.07, 6.45) is 0. The fourth-order valence-corrected chi connectivity index (χ4v) is 7.02. The van der Waals surface area contributed by atoms with Crippen LogP contribution in [0.25, 0.3) is 75.5 Å². The topological polar surface area (TPSA) is 36.9 Å². The molecule has 186 valence electrons. The Bertz CT molecular complexity index is 2300. The summed E-state index contributed by atoms with van der Waals surface area (Å²) in [6, 6.07) is 46.6. The highest BCUT2D eigenvalue weighted by atomic mass is 32.1. The highest BCUT2D eigenvalue weighted by Gasteiger charge is 2.17. The lowest BCUT2D eigenvalue weighted by atomic mass is 9.88. The van der Waals surface area contributed by atoms with Gasteiger partial charge in [-0.05, 0) is 52.6 Å². The van der Waals surface area contributed by atoms with Gasteiger partial charge < -0.3 is 4.42 Å². The fourth-order valence-electron chi connectivity index (χ4n) is 5.87. The van der Waals surface area contributed by atoms with Crippen molar-refractivity contribution in [3.8, 4) is 39.4 Å². The molecule has 8 aromatic rings. The number of furan rings is 1. The Labute approximate surface area is 235 Å². The van der Waals surface area contributed by atoms with Crippen molar-refractivity contribution in [2.45, 2.75) is 0 Å². The molecule has 6 aromatic carbocycles. The fraction of sp³-hybridized carbons (Fsp3) is 0. The summed E-state index contributed by atoms with van der Waals surface area (Å²) in [5.74, 6) is 0. The minimum Gasteiger partial charge on any atom is -0.455 e. The van der Waals surface area contributed by atoms with Gasteiger partial charge >= 0.3 is 0 Å². The molecule has 0 atom stereocenters. The van der Waals surface area contributed by atoms with Crippen molar-refractivity contribution in [1.82, 2.24) is 0 Å². The van der Waals surface area contributed by atoms with E-state index in [1.807, 2.05) is 53.8 Å². The molecule has 2 heterocycles. The van der Waals surface area contributed by atoms with E-state index >= 15 is 0 Å². The molecular formula is C37H21NOS. The molecule has 0 spiro atoms. The summed E-state index contributed by atoms with van der Waals surface area (Å²) < 4.78 is 8.92. The molecule has 0 aliphatic carbocycles. The lowest BCUT2D eigenvalue weighted by molar-refractivity contribution is 0.670. The number of hydrogen-bond acceptors (Lipinski definition) is 3. The normalized spacial score (nSPS) is 11.5. The van der Waals surface area contributed by atoms with Crippen LogP contribution in [0.3, 0.4) is 0 Å². The van der Waals surface area contributed by atoms with E-state index in [4.69, 9.17) is 4.42 Å². The zero-order valence-electron chi connectivity index (χ0n) is 21.4. The zero-order chi connectivity index (χ0) is 26.6. The second-order valence-corrected chi connectivity index (χ2v) is 11.1. The third kappa shape index (κ3) is 3.48. The van der Waals surface area contributed by atoms with Gasteiger partial charge in [-0.25, -0.2) is 0 Å². The summed E-state index contributed by atoms with van der Waals surface area (Å²) in [7, 11) is 0. The van der Waals surface area contributed by atoms with Crippen molar-refractivity contribution in [3.05, 3.63) is 133 Å². The number of thiophene rings is 1. The Hall–Kier alpha value is -5.17.